The molecule has 0 bridgehead atoms. The maximum Gasteiger partial charge on any atom is 0.106 e. The van der Waals surface area contributed by atoms with E-state index in [-0.39, 0.29) is 5.54 Å². The first-order chi connectivity index (χ1) is 7.67. The number of hydrogen-bond acceptors (Lipinski definition) is 3. The van der Waals surface area contributed by atoms with E-state index >= 15 is 0 Å². The highest BCUT2D eigenvalue weighted by molar-refractivity contribution is 5.05. The molecule has 0 fully saturated rings. The first-order valence-electron chi connectivity index (χ1n) is 6.56. The molecule has 0 aliphatic rings. The minimum Gasteiger partial charge on any atom is -0.304 e. The zero-order valence-corrected chi connectivity index (χ0v) is 11.3. The predicted octanol–water partition coefficient (Wildman–Crippen LogP) is 2.39. The molecular formula is C13H27N3. The molecule has 1 atom stereocenters. The van der Waals surface area contributed by atoms with Gasteiger partial charge >= 0.3 is 0 Å². The van der Waals surface area contributed by atoms with Gasteiger partial charge in [0.25, 0.3) is 0 Å². The molecule has 0 amide bonds. The van der Waals surface area contributed by atoms with E-state index in [9.17, 15) is 5.26 Å². The van der Waals surface area contributed by atoms with Crippen molar-refractivity contribution < 1.29 is 0 Å². The second kappa shape index (κ2) is 8.55. The van der Waals surface area contributed by atoms with Gasteiger partial charge in [-0.1, -0.05) is 27.7 Å². The molecule has 0 radical (unpaired) electrons. The highest BCUT2D eigenvalue weighted by Gasteiger charge is 2.25. The summed E-state index contributed by atoms with van der Waals surface area (Å²) in [5, 5.41) is 12.6. The van der Waals surface area contributed by atoms with Crippen molar-refractivity contribution in [2.45, 2.75) is 52.5 Å². The van der Waals surface area contributed by atoms with Crippen molar-refractivity contribution in [1.82, 2.24) is 10.2 Å². The van der Waals surface area contributed by atoms with E-state index in [0.29, 0.717) is 0 Å². The van der Waals surface area contributed by atoms with E-state index in [2.05, 4.69) is 44.0 Å². The van der Waals surface area contributed by atoms with Gasteiger partial charge in [0.2, 0.25) is 0 Å². The minimum absolute atomic E-state index is 0.304. The van der Waals surface area contributed by atoms with Crippen LogP contribution in [0.2, 0.25) is 0 Å². The van der Waals surface area contributed by atoms with Crippen molar-refractivity contribution in [2.24, 2.45) is 0 Å². The number of rotatable bonds is 9. The largest absolute Gasteiger partial charge is 0.304 e. The Kier molecular flexibility index (Phi) is 8.23. The van der Waals surface area contributed by atoms with Gasteiger partial charge in [0.15, 0.2) is 0 Å². The van der Waals surface area contributed by atoms with E-state index < -0.39 is 0 Å². The molecule has 3 heteroatoms. The summed E-state index contributed by atoms with van der Waals surface area (Å²) in [5.74, 6) is 0. The lowest BCUT2D eigenvalue weighted by molar-refractivity contribution is 0.275. The lowest BCUT2D eigenvalue weighted by Crippen LogP contribution is -2.43. The van der Waals surface area contributed by atoms with Gasteiger partial charge in [-0.25, -0.2) is 0 Å². The normalized spacial score (nSPS) is 14.8. The monoisotopic (exact) mass is 225 g/mol. The van der Waals surface area contributed by atoms with Crippen molar-refractivity contribution in [1.29, 1.82) is 5.26 Å². The molecule has 0 aromatic heterocycles. The van der Waals surface area contributed by atoms with Crippen molar-refractivity contribution in [3.8, 4) is 6.07 Å². The first-order valence-corrected chi connectivity index (χ1v) is 6.56. The Labute approximate surface area is 101 Å². The van der Waals surface area contributed by atoms with Crippen LogP contribution < -0.4 is 5.32 Å². The van der Waals surface area contributed by atoms with E-state index in [1.165, 1.54) is 0 Å². The minimum atomic E-state index is -0.304. The standard InChI is InChI=1S/C13H27N3/c1-5-13(12-14,15-6-2)10-9-11-16(7-3)8-4/h15H,5-11H2,1-4H3. The van der Waals surface area contributed by atoms with Crippen LogP contribution >= 0.6 is 0 Å². The Morgan fingerprint density at radius 1 is 1.19 bits per heavy atom. The lowest BCUT2D eigenvalue weighted by atomic mass is 9.92. The molecule has 0 aliphatic heterocycles. The summed E-state index contributed by atoms with van der Waals surface area (Å²) in [6.07, 6.45) is 2.93. The van der Waals surface area contributed by atoms with Crippen molar-refractivity contribution >= 4 is 0 Å². The molecule has 0 heterocycles. The van der Waals surface area contributed by atoms with Crippen LogP contribution in [0.5, 0.6) is 0 Å². The van der Waals surface area contributed by atoms with Crippen LogP contribution in [0.3, 0.4) is 0 Å². The van der Waals surface area contributed by atoms with Crippen LogP contribution in [-0.2, 0) is 0 Å². The van der Waals surface area contributed by atoms with E-state index in [0.717, 1.165) is 45.4 Å². The van der Waals surface area contributed by atoms with Crippen molar-refractivity contribution in [2.75, 3.05) is 26.2 Å². The summed E-state index contributed by atoms with van der Waals surface area (Å²) in [6, 6.07) is 2.45. The Hall–Kier alpha value is -0.590. The summed E-state index contributed by atoms with van der Waals surface area (Å²) in [4.78, 5) is 2.41. The van der Waals surface area contributed by atoms with Crippen molar-refractivity contribution in [3.05, 3.63) is 0 Å². The van der Waals surface area contributed by atoms with E-state index in [1.54, 1.807) is 0 Å². The van der Waals surface area contributed by atoms with Gasteiger partial charge in [0.05, 0.1) is 6.07 Å². The Morgan fingerprint density at radius 2 is 1.81 bits per heavy atom. The molecule has 0 aromatic rings. The third-order valence-electron chi connectivity index (χ3n) is 3.31. The van der Waals surface area contributed by atoms with Gasteiger partial charge in [0.1, 0.15) is 5.54 Å². The van der Waals surface area contributed by atoms with Gasteiger partial charge in [0, 0.05) is 0 Å². The van der Waals surface area contributed by atoms with Gasteiger partial charge in [-0.2, -0.15) is 5.26 Å². The summed E-state index contributed by atoms with van der Waals surface area (Å²) >= 11 is 0. The van der Waals surface area contributed by atoms with E-state index in [1.807, 2.05) is 0 Å². The highest BCUT2D eigenvalue weighted by atomic mass is 15.1. The average Bonchev–Trinajstić information content (AvgIpc) is 2.33. The smallest absolute Gasteiger partial charge is 0.106 e. The molecule has 1 unspecified atom stereocenters. The number of nitrogens with zero attached hydrogens (tertiary/aromatic N) is 2. The summed E-state index contributed by atoms with van der Waals surface area (Å²) in [7, 11) is 0. The topological polar surface area (TPSA) is 39.1 Å². The van der Waals surface area contributed by atoms with Crippen LogP contribution in [0, 0.1) is 11.3 Å². The van der Waals surface area contributed by atoms with E-state index in [4.69, 9.17) is 0 Å². The van der Waals surface area contributed by atoms with Crippen LogP contribution in [0.15, 0.2) is 0 Å². The lowest BCUT2D eigenvalue weighted by Gasteiger charge is -2.27. The summed E-state index contributed by atoms with van der Waals surface area (Å²) in [5.41, 5.74) is -0.304. The maximum atomic E-state index is 9.26. The quantitative estimate of drug-likeness (QED) is 0.655. The second-order valence-electron chi connectivity index (χ2n) is 4.21. The molecule has 0 aliphatic carbocycles. The molecule has 94 valence electrons. The molecule has 0 saturated heterocycles. The van der Waals surface area contributed by atoms with Crippen LogP contribution in [0.4, 0.5) is 0 Å². The number of nitrogens with one attached hydrogen (secondary N) is 1. The van der Waals surface area contributed by atoms with Crippen molar-refractivity contribution in [3.63, 3.8) is 0 Å². The van der Waals surface area contributed by atoms with Gasteiger partial charge < -0.3 is 4.90 Å². The average molecular weight is 225 g/mol. The predicted molar refractivity (Wildman–Crippen MR) is 69.3 cm³/mol. The van der Waals surface area contributed by atoms with Gasteiger partial charge in [-0.3, -0.25) is 5.32 Å². The van der Waals surface area contributed by atoms with Gasteiger partial charge in [-0.05, 0) is 45.4 Å². The fraction of sp³-hybridized carbons (Fsp3) is 0.923. The van der Waals surface area contributed by atoms with Gasteiger partial charge in [-0.15, -0.1) is 0 Å². The number of nitriles is 1. The Bertz CT molecular complexity index is 206. The molecule has 16 heavy (non-hydrogen) atoms. The summed E-state index contributed by atoms with van der Waals surface area (Å²) < 4.78 is 0. The Morgan fingerprint density at radius 3 is 2.19 bits per heavy atom. The fourth-order valence-corrected chi connectivity index (χ4v) is 2.05. The molecule has 0 rings (SSSR count). The molecule has 1 N–H and O–H groups in total. The van der Waals surface area contributed by atoms with Crippen LogP contribution in [-0.4, -0.2) is 36.6 Å². The third-order valence-corrected chi connectivity index (χ3v) is 3.31. The SMILES string of the molecule is CCNC(C#N)(CC)CCCN(CC)CC. The van der Waals surface area contributed by atoms with Crippen LogP contribution in [0.25, 0.3) is 0 Å². The van der Waals surface area contributed by atoms with Crippen LogP contribution in [0.1, 0.15) is 47.0 Å². The Balaban J connectivity index is 4.08. The molecule has 0 spiro atoms. The molecule has 0 saturated carbocycles. The zero-order valence-electron chi connectivity index (χ0n) is 11.3. The number of hydrogen-bond donors (Lipinski definition) is 1. The highest BCUT2D eigenvalue weighted by Crippen LogP contribution is 2.16. The first kappa shape index (κ1) is 15.4. The molecular weight excluding hydrogens is 198 g/mol. The maximum absolute atomic E-state index is 9.26. The molecule has 3 nitrogen and oxygen atoms in total. The molecule has 0 aromatic carbocycles. The second-order valence-corrected chi connectivity index (χ2v) is 4.21. The fourth-order valence-electron chi connectivity index (χ4n) is 2.05. The zero-order chi connectivity index (χ0) is 12.4. The summed E-state index contributed by atoms with van der Waals surface area (Å²) in [6.45, 7) is 12.7. The third kappa shape index (κ3) is 4.96.